The number of hydrogen-bond donors (Lipinski definition) is 1. The molecule has 0 aliphatic carbocycles. The Morgan fingerprint density at radius 1 is 1.41 bits per heavy atom. The van der Waals surface area contributed by atoms with Gasteiger partial charge in [-0.15, -0.1) is 11.3 Å². The van der Waals surface area contributed by atoms with Crippen LogP contribution in [0.4, 0.5) is 4.39 Å². The molecule has 0 aliphatic rings. The summed E-state index contributed by atoms with van der Waals surface area (Å²) in [5, 5.41) is 9.17. The molecule has 1 N–H and O–H groups in total. The third-order valence-electron chi connectivity index (χ3n) is 4.36. The fourth-order valence-corrected chi connectivity index (χ4v) is 3.64. The van der Waals surface area contributed by atoms with Gasteiger partial charge in [-0.1, -0.05) is 12.1 Å². The predicted molar refractivity (Wildman–Crippen MR) is 104 cm³/mol. The number of nitrogens with zero attached hydrogens (tertiary/aromatic N) is 2. The Labute approximate surface area is 161 Å². The normalized spacial score (nSPS) is 12.0. The minimum absolute atomic E-state index is 0.141. The first-order valence-corrected chi connectivity index (χ1v) is 9.65. The fourth-order valence-electron chi connectivity index (χ4n) is 2.84. The Hall–Kier alpha value is -2.67. The van der Waals surface area contributed by atoms with E-state index >= 15 is 0 Å². The van der Waals surface area contributed by atoms with Gasteiger partial charge in [0.1, 0.15) is 6.61 Å². The third kappa shape index (κ3) is 4.36. The number of benzene rings is 1. The van der Waals surface area contributed by atoms with Gasteiger partial charge in [0, 0.05) is 23.4 Å². The Kier molecular flexibility index (Phi) is 5.91. The molecule has 0 fully saturated rings. The van der Waals surface area contributed by atoms with Crippen molar-refractivity contribution in [3.63, 3.8) is 0 Å². The number of amides is 1. The number of nitrogens with one attached hydrogen (secondary N) is 1. The SMILES string of the molecule is CCn1ncc(C(C)NC(=O)c2cc(COc3ccccc3F)cs2)c1C. The molecule has 1 atom stereocenters. The largest absolute Gasteiger partial charge is 0.486 e. The van der Waals surface area contributed by atoms with Crippen molar-refractivity contribution in [2.75, 3.05) is 0 Å². The predicted octanol–water partition coefficient (Wildman–Crippen LogP) is 4.48. The summed E-state index contributed by atoms with van der Waals surface area (Å²) in [5.41, 5.74) is 2.89. The maximum atomic E-state index is 13.6. The van der Waals surface area contributed by atoms with Crippen LogP contribution in [0.5, 0.6) is 5.75 Å². The molecule has 0 aliphatic heterocycles. The number of rotatable bonds is 7. The minimum atomic E-state index is -0.400. The van der Waals surface area contributed by atoms with Crippen molar-refractivity contribution in [3.8, 4) is 5.75 Å². The molecule has 3 aromatic rings. The van der Waals surface area contributed by atoms with Gasteiger partial charge in [0.25, 0.3) is 5.91 Å². The van der Waals surface area contributed by atoms with E-state index in [1.165, 1.54) is 17.4 Å². The summed E-state index contributed by atoms with van der Waals surface area (Å²) in [4.78, 5) is 13.1. The summed E-state index contributed by atoms with van der Waals surface area (Å²) >= 11 is 1.34. The molecule has 2 aromatic heterocycles. The molecule has 5 nitrogen and oxygen atoms in total. The number of ether oxygens (including phenoxy) is 1. The summed E-state index contributed by atoms with van der Waals surface area (Å²) in [5.74, 6) is -0.345. The van der Waals surface area contributed by atoms with Gasteiger partial charge in [-0.2, -0.15) is 5.10 Å². The molecule has 0 radical (unpaired) electrons. The minimum Gasteiger partial charge on any atom is -0.486 e. The van der Waals surface area contributed by atoms with Crippen LogP contribution in [0.15, 0.2) is 41.9 Å². The standard InChI is InChI=1S/C20H22FN3O2S/c1-4-24-14(3)16(10-22-24)13(2)23-20(25)19-9-15(12-27-19)11-26-18-8-6-5-7-17(18)21/h5-10,12-13H,4,11H2,1-3H3,(H,23,25). The van der Waals surface area contributed by atoms with Gasteiger partial charge in [0.2, 0.25) is 0 Å². The van der Waals surface area contributed by atoms with E-state index in [0.717, 1.165) is 23.4 Å². The highest BCUT2D eigenvalue weighted by Gasteiger charge is 2.17. The van der Waals surface area contributed by atoms with E-state index < -0.39 is 5.82 Å². The molecule has 0 bridgehead atoms. The molecular formula is C20H22FN3O2S. The number of hydrogen-bond acceptors (Lipinski definition) is 4. The highest BCUT2D eigenvalue weighted by Crippen LogP contribution is 2.22. The van der Waals surface area contributed by atoms with Gasteiger partial charge < -0.3 is 10.1 Å². The lowest BCUT2D eigenvalue weighted by atomic mass is 10.1. The van der Waals surface area contributed by atoms with Gasteiger partial charge >= 0.3 is 0 Å². The number of aromatic nitrogens is 2. The van der Waals surface area contributed by atoms with Crippen molar-refractivity contribution in [3.05, 3.63) is 69.4 Å². The Morgan fingerprint density at radius 3 is 2.89 bits per heavy atom. The molecule has 27 heavy (non-hydrogen) atoms. The second-order valence-corrected chi connectivity index (χ2v) is 7.15. The zero-order valence-corrected chi connectivity index (χ0v) is 16.3. The van der Waals surface area contributed by atoms with E-state index in [1.54, 1.807) is 30.5 Å². The van der Waals surface area contributed by atoms with E-state index in [-0.39, 0.29) is 24.3 Å². The van der Waals surface area contributed by atoms with Crippen molar-refractivity contribution < 1.29 is 13.9 Å². The molecule has 0 saturated carbocycles. The summed E-state index contributed by atoms with van der Waals surface area (Å²) in [7, 11) is 0. The van der Waals surface area contributed by atoms with Gasteiger partial charge in [-0.25, -0.2) is 4.39 Å². The monoisotopic (exact) mass is 387 g/mol. The van der Waals surface area contributed by atoms with Crippen LogP contribution in [-0.2, 0) is 13.2 Å². The summed E-state index contributed by atoms with van der Waals surface area (Å²) in [6.07, 6.45) is 1.80. The Morgan fingerprint density at radius 2 is 2.19 bits per heavy atom. The smallest absolute Gasteiger partial charge is 0.261 e. The molecule has 0 spiro atoms. The second kappa shape index (κ2) is 8.35. The number of carbonyl (C=O) groups is 1. The van der Waals surface area contributed by atoms with Gasteiger partial charge in [0.15, 0.2) is 11.6 Å². The summed E-state index contributed by atoms with van der Waals surface area (Å²) in [6, 6.07) is 7.90. The Bertz CT molecular complexity index is 935. The van der Waals surface area contributed by atoms with Crippen LogP contribution in [0.3, 0.4) is 0 Å². The van der Waals surface area contributed by atoms with Crippen LogP contribution >= 0.6 is 11.3 Å². The molecule has 1 aromatic carbocycles. The van der Waals surface area contributed by atoms with Crippen molar-refractivity contribution in [1.82, 2.24) is 15.1 Å². The molecule has 1 unspecified atom stereocenters. The van der Waals surface area contributed by atoms with Crippen molar-refractivity contribution in [1.29, 1.82) is 0 Å². The van der Waals surface area contributed by atoms with Crippen LogP contribution in [-0.4, -0.2) is 15.7 Å². The highest BCUT2D eigenvalue weighted by molar-refractivity contribution is 7.12. The molecule has 1 amide bonds. The zero-order chi connectivity index (χ0) is 19.4. The van der Waals surface area contributed by atoms with Gasteiger partial charge in [-0.05, 0) is 44.4 Å². The van der Waals surface area contributed by atoms with Crippen molar-refractivity contribution in [2.24, 2.45) is 0 Å². The van der Waals surface area contributed by atoms with Crippen molar-refractivity contribution >= 4 is 17.2 Å². The summed E-state index contributed by atoms with van der Waals surface area (Å²) < 4.78 is 21.0. The van der Waals surface area contributed by atoms with E-state index in [2.05, 4.69) is 10.4 Å². The number of para-hydroxylation sites is 1. The first-order chi connectivity index (χ1) is 13.0. The number of halogens is 1. The number of carbonyl (C=O) groups excluding carboxylic acids is 1. The highest BCUT2D eigenvalue weighted by atomic mass is 32.1. The van der Waals surface area contributed by atoms with E-state index in [1.807, 2.05) is 30.8 Å². The molecular weight excluding hydrogens is 365 g/mol. The average molecular weight is 387 g/mol. The first-order valence-electron chi connectivity index (χ1n) is 8.77. The maximum Gasteiger partial charge on any atom is 0.261 e. The van der Waals surface area contributed by atoms with Gasteiger partial charge in [0.05, 0.1) is 17.1 Å². The van der Waals surface area contributed by atoms with Crippen LogP contribution in [0, 0.1) is 12.7 Å². The van der Waals surface area contributed by atoms with Crippen molar-refractivity contribution in [2.45, 2.75) is 40.0 Å². The van der Waals surface area contributed by atoms with Crippen LogP contribution in [0.25, 0.3) is 0 Å². The van der Waals surface area contributed by atoms with Crippen LogP contribution in [0.2, 0.25) is 0 Å². The maximum absolute atomic E-state index is 13.6. The van der Waals surface area contributed by atoms with Gasteiger partial charge in [-0.3, -0.25) is 9.48 Å². The van der Waals surface area contributed by atoms with Crippen LogP contribution in [0.1, 0.15) is 46.4 Å². The number of thiophene rings is 1. The second-order valence-electron chi connectivity index (χ2n) is 6.23. The quantitative estimate of drug-likeness (QED) is 0.650. The molecule has 2 heterocycles. The summed E-state index contributed by atoms with van der Waals surface area (Å²) in [6.45, 7) is 6.98. The molecule has 7 heteroatoms. The average Bonchev–Trinajstić information content (AvgIpc) is 3.27. The molecule has 3 rings (SSSR count). The molecule has 142 valence electrons. The first kappa shape index (κ1) is 19.1. The lowest BCUT2D eigenvalue weighted by Crippen LogP contribution is -2.26. The Balaban J connectivity index is 1.61. The van der Waals surface area contributed by atoms with E-state index in [4.69, 9.17) is 4.74 Å². The van der Waals surface area contributed by atoms with Crippen LogP contribution < -0.4 is 10.1 Å². The van der Waals surface area contributed by atoms with E-state index in [0.29, 0.717) is 4.88 Å². The zero-order valence-electron chi connectivity index (χ0n) is 15.5. The lowest BCUT2D eigenvalue weighted by Gasteiger charge is -2.13. The fraction of sp³-hybridized carbons (Fsp3) is 0.300. The number of aryl methyl sites for hydroxylation is 1. The van der Waals surface area contributed by atoms with E-state index in [9.17, 15) is 9.18 Å². The molecule has 0 saturated heterocycles. The topological polar surface area (TPSA) is 56.2 Å². The third-order valence-corrected chi connectivity index (χ3v) is 5.34. The lowest BCUT2D eigenvalue weighted by molar-refractivity contribution is 0.0944.